The van der Waals surface area contributed by atoms with Gasteiger partial charge in [-0.1, -0.05) is 11.8 Å². The Kier molecular flexibility index (Phi) is 8.04. The maximum Gasteiger partial charge on any atom is 0.411 e. The number of amides is 1. The highest BCUT2D eigenvalue weighted by Crippen LogP contribution is 2.36. The number of nitriles is 1. The summed E-state index contributed by atoms with van der Waals surface area (Å²) >= 11 is 3.17. The van der Waals surface area contributed by atoms with Crippen molar-refractivity contribution < 1.29 is 14.6 Å². The van der Waals surface area contributed by atoms with E-state index in [1.165, 1.54) is 24.2 Å². The summed E-state index contributed by atoms with van der Waals surface area (Å²) in [5.74, 6) is 0.813. The topological polar surface area (TPSA) is 139 Å². The average Bonchev–Trinajstić information content (AvgIpc) is 3.10. The lowest BCUT2D eigenvalue weighted by Crippen LogP contribution is -2.10. The molecule has 0 aliphatic rings. The zero-order chi connectivity index (χ0) is 23.1. The Balaban J connectivity index is 2.04. The summed E-state index contributed by atoms with van der Waals surface area (Å²) in [4.78, 5) is 23.6. The van der Waals surface area contributed by atoms with Crippen LogP contribution in [0.5, 0.6) is 0 Å². The average molecular weight is 472 g/mol. The van der Waals surface area contributed by atoms with Crippen LogP contribution in [-0.2, 0) is 11.8 Å². The lowest BCUT2D eigenvalue weighted by Gasteiger charge is -2.12. The van der Waals surface area contributed by atoms with E-state index in [0.717, 1.165) is 22.6 Å². The maximum atomic E-state index is 10.8. The number of methoxy groups -OCH3 is 1. The molecule has 3 aromatic rings. The minimum atomic E-state index is -1.24. The van der Waals surface area contributed by atoms with Gasteiger partial charge in [-0.2, -0.15) is 10.4 Å². The molecule has 0 bridgehead atoms. The molecule has 2 N–H and O–H groups in total. The fraction of sp³-hybridized carbons (Fsp3) is 0.300. The van der Waals surface area contributed by atoms with Crippen LogP contribution >= 0.6 is 23.5 Å². The van der Waals surface area contributed by atoms with E-state index in [0.29, 0.717) is 33.5 Å². The van der Waals surface area contributed by atoms with Crippen molar-refractivity contribution in [2.24, 2.45) is 7.05 Å². The number of nitrogens with one attached hydrogen (secondary N) is 1. The zero-order valence-corrected chi connectivity index (χ0v) is 19.3. The van der Waals surface area contributed by atoms with Crippen molar-refractivity contribution in [2.75, 3.05) is 29.9 Å². The Morgan fingerprint density at radius 2 is 2.09 bits per heavy atom. The van der Waals surface area contributed by atoms with Crippen molar-refractivity contribution >= 4 is 35.6 Å². The van der Waals surface area contributed by atoms with Crippen LogP contribution in [0.2, 0.25) is 0 Å². The molecule has 0 aliphatic heterocycles. The van der Waals surface area contributed by atoms with E-state index < -0.39 is 6.09 Å². The quantitative estimate of drug-likeness (QED) is 0.270. The van der Waals surface area contributed by atoms with Crippen LogP contribution in [0.25, 0.3) is 22.4 Å². The van der Waals surface area contributed by atoms with Crippen LogP contribution in [0.4, 0.5) is 10.7 Å². The molecular weight excluding hydrogens is 450 g/mol. The predicted molar refractivity (Wildman–Crippen MR) is 124 cm³/mol. The number of pyridine rings is 1. The number of carboxylic acid groups (broad SMARTS) is 1. The van der Waals surface area contributed by atoms with E-state index in [9.17, 15) is 10.1 Å². The lowest BCUT2D eigenvalue weighted by atomic mass is 10.0. The fourth-order valence-electron chi connectivity index (χ4n) is 2.88. The summed E-state index contributed by atoms with van der Waals surface area (Å²) in [5, 5.41) is 26.6. The molecule has 10 nitrogen and oxygen atoms in total. The summed E-state index contributed by atoms with van der Waals surface area (Å²) < 4.78 is 6.78. The van der Waals surface area contributed by atoms with Crippen molar-refractivity contribution in [1.82, 2.24) is 24.7 Å². The molecule has 3 rings (SSSR count). The predicted octanol–water partition coefficient (Wildman–Crippen LogP) is 3.64. The van der Waals surface area contributed by atoms with Gasteiger partial charge in [-0.05, 0) is 13.0 Å². The summed E-state index contributed by atoms with van der Waals surface area (Å²) in [6.45, 7) is 2.54. The van der Waals surface area contributed by atoms with Gasteiger partial charge in [-0.15, -0.1) is 11.8 Å². The number of ether oxygens (including phenoxy) is 1. The van der Waals surface area contributed by atoms with Gasteiger partial charge in [0.25, 0.3) is 0 Å². The second-order valence-corrected chi connectivity index (χ2v) is 8.97. The van der Waals surface area contributed by atoms with Gasteiger partial charge < -0.3 is 9.84 Å². The molecule has 3 heterocycles. The van der Waals surface area contributed by atoms with Gasteiger partial charge in [0.05, 0.1) is 23.6 Å². The molecule has 0 aliphatic carbocycles. The smallest absolute Gasteiger partial charge is 0.411 e. The first-order chi connectivity index (χ1) is 15.4. The molecule has 32 heavy (non-hydrogen) atoms. The van der Waals surface area contributed by atoms with Crippen molar-refractivity contribution in [3.63, 3.8) is 0 Å². The molecule has 0 spiro atoms. The fourth-order valence-corrected chi connectivity index (χ4v) is 4.88. The molecule has 0 atom stereocenters. The van der Waals surface area contributed by atoms with E-state index in [4.69, 9.17) is 14.8 Å². The standard InChI is InChI=1S/C20H21N7O3S2/c1-12-16(10-27(2)26-12)14-6-17(13-8-22-19(23-9-13)25-20(28)29)24-18(15(14)7-21)32-11-31-5-4-30-3/h6,8-10H,4-5,11H2,1-3H3,(H,28,29)(H,22,23,25). The number of nitrogens with zero attached hydrogens (tertiary/aromatic N) is 6. The van der Waals surface area contributed by atoms with Crippen molar-refractivity contribution in [1.29, 1.82) is 5.26 Å². The summed E-state index contributed by atoms with van der Waals surface area (Å²) in [6, 6.07) is 4.11. The Morgan fingerprint density at radius 1 is 1.34 bits per heavy atom. The number of rotatable bonds is 9. The number of hydrogen-bond acceptors (Lipinski definition) is 9. The minimum Gasteiger partial charge on any atom is -0.465 e. The monoisotopic (exact) mass is 471 g/mol. The SMILES string of the molecule is COCCSCSc1nc(-c2cnc(NC(=O)O)nc2)cc(-c2cn(C)nc2C)c1C#N. The summed E-state index contributed by atoms with van der Waals surface area (Å²) in [7, 11) is 3.49. The number of aryl methyl sites for hydroxylation is 2. The molecule has 0 unspecified atom stereocenters. The van der Waals surface area contributed by atoms with Gasteiger partial charge in [0.15, 0.2) is 0 Å². The molecule has 0 radical (unpaired) electrons. The van der Waals surface area contributed by atoms with Crippen molar-refractivity contribution in [3.8, 4) is 28.5 Å². The van der Waals surface area contributed by atoms with Crippen molar-refractivity contribution in [2.45, 2.75) is 11.9 Å². The third kappa shape index (κ3) is 5.76. The number of carbonyl (C=O) groups is 1. The third-order valence-electron chi connectivity index (χ3n) is 4.28. The highest BCUT2D eigenvalue weighted by molar-refractivity contribution is 8.16. The first-order valence-corrected chi connectivity index (χ1v) is 11.5. The molecular formula is C20H21N7O3S2. The Labute approximate surface area is 193 Å². The molecule has 1 amide bonds. The van der Waals surface area contributed by atoms with E-state index in [1.807, 2.05) is 26.2 Å². The maximum absolute atomic E-state index is 10.8. The van der Waals surface area contributed by atoms with E-state index in [2.05, 4.69) is 26.5 Å². The van der Waals surface area contributed by atoms with Crippen LogP contribution in [0.3, 0.4) is 0 Å². The molecule has 12 heteroatoms. The van der Waals surface area contributed by atoms with Gasteiger partial charge in [0.2, 0.25) is 5.95 Å². The second-order valence-electron chi connectivity index (χ2n) is 6.54. The third-order valence-corrected chi connectivity index (χ3v) is 6.44. The summed E-state index contributed by atoms with van der Waals surface area (Å²) in [6.07, 6.45) is 3.61. The van der Waals surface area contributed by atoms with Crippen molar-refractivity contribution in [3.05, 3.63) is 35.9 Å². The van der Waals surface area contributed by atoms with Gasteiger partial charge in [-0.25, -0.2) is 19.7 Å². The number of anilines is 1. The highest BCUT2D eigenvalue weighted by atomic mass is 32.2. The number of hydrogen-bond donors (Lipinski definition) is 2. The van der Waals surface area contributed by atoms with E-state index in [1.54, 1.807) is 23.6 Å². The lowest BCUT2D eigenvalue weighted by molar-refractivity contribution is 0.209. The van der Waals surface area contributed by atoms with Crippen LogP contribution in [0, 0.1) is 18.3 Å². The number of thioether (sulfide) groups is 2. The second kappa shape index (κ2) is 10.9. The molecule has 0 saturated carbocycles. The van der Waals surface area contributed by atoms with E-state index in [-0.39, 0.29) is 5.95 Å². The normalized spacial score (nSPS) is 10.7. The molecule has 166 valence electrons. The first-order valence-electron chi connectivity index (χ1n) is 9.40. The van der Waals surface area contributed by atoms with Gasteiger partial charge in [-0.3, -0.25) is 10.00 Å². The molecule has 3 aromatic heterocycles. The Morgan fingerprint density at radius 3 is 2.69 bits per heavy atom. The van der Waals surface area contributed by atoms with Crippen LogP contribution in [0.1, 0.15) is 11.3 Å². The largest absolute Gasteiger partial charge is 0.465 e. The molecule has 0 fully saturated rings. The van der Waals surface area contributed by atoms with Crippen LogP contribution in [0.15, 0.2) is 29.7 Å². The summed E-state index contributed by atoms with van der Waals surface area (Å²) in [5.41, 5.74) is 4.01. The van der Waals surface area contributed by atoms with E-state index >= 15 is 0 Å². The van der Waals surface area contributed by atoms with Crippen LogP contribution in [-0.4, -0.2) is 60.5 Å². The minimum absolute atomic E-state index is 0.0256. The Bertz CT molecular complexity index is 1140. The number of aromatic nitrogens is 5. The Hall–Kier alpha value is -3.14. The van der Waals surface area contributed by atoms with Gasteiger partial charge in [0.1, 0.15) is 11.1 Å². The first kappa shape index (κ1) is 23.5. The van der Waals surface area contributed by atoms with Gasteiger partial charge in [0, 0.05) is 60.3 Å². The molecule has 0 aromatic carbocycles. The zero-order valence-electron chi connectivity index (χ0n) is 17.7. The van der Waals surface area contributed by atoms with Crippen LogP contribution < -0.4 is 5.32 Å². The highest BCUT2D eigenvalue weighted by Gasteiger charge is 2.19. The van der Waals surface area contributed by atoms with Gasteiger partial charge >= 0.3 is 6.09 Å². The molecule has 0 saturated heterocycles.